The second-order valence-electron chi connectivity index (χ2n) is 5.29. The molecular formula is C15H29N3O. The van der Waals surface area contributed by atoms with Gasteiger partial charge in [-0.15, -0.1) is 0 Å². The van der Waals surface area contributed by atoms with Crippen molar-refractivity contribution in [2.75, 3.05) is 13.7 Å². The number of likely N-dealkylation sites (N-methyl/N-ethyl adjacent to an activating group) is 1. The lowest BCUT2D eigenvalue weighted by atomic mass is 9.89. The third-order valence-electron chi connectivity index (χ3n) is 4.16. The van der Waals surface area contributed by atoms with E-state index >= 15 is 0 Å². The number of rotatable bonds is 8. The molecule has 110 valence electrons. The highest BCUT2D eigenvalue weighted by Crippen LogP contribution is 2.22. The van der Waals surface area contributed by atoms with E-state index in [0.29, 0.717) is 6.04 Å². The fourth-order valence-electron chi connectivity index (χ4n) is 2.43. The lowest BCUT2D eigenvalue weighted by Crippen LogP contribution is -2.51. The normalized spacial score (nSPS) is 16.3. The molecule has 0 saturated carbocycles. The Kier molecular flexibility index (Phi) is 6.01. The van der Waals surface area contributed by atoms with Gasteiger partial charge in [-0.05, 0) is 32.4 Å². The van der Waals surface area contributed by atoms with E-state index in [2.05, 4.69) is 44.2 Å². The number of hydrogen-bond donors (Lipinski definition) is 1. The van der Waals surface area contributed by atoms with E-state index in [1.165, 1.54) is 5.69 Å². The van der Waals surface area contributed by atoms with E-state index in [-0.39, 0.29) is 5.60 Å². The van der Waals surface area contributed by atoms with Crippen LogP contribution in [0.4, 0.5) is 0 Å². The number of aryl methyl sites for hydroxylation is 2. The molecule has 0 spiro atoms. The Hall–Kier alpha value is -0.870. The highest BCUT2D eigenvalue weighted by molar-refractivity contribution is 5.13. The van der Waals surface area contributed by atoms with Gasteiger partial charge in [0.05, 0.1) is 11.3 Å². The Morgan fingerprint density at radius 1 is 1.42 bits per heavy atom. The van der Waals surface area contributed by atoms with Crippen LogP contribution in [-0.2, 0) is 24.6 Å². The van der Waals surface area contributed by atoms with Crippen molar-refractivity contribution >= 4 is 0 Å². The molecule has 0 radical (unpaired) electrons. The second-order valence-corrected chi connectivity index (χ2v) is 5.29. The van der Waals surface area contributed by atoms with Crippen LogP contribution in [0, 0.1) is 0 Å². The predicted molar refractivity (Wildman–Crippen MR) is 79.5 cm³/mol. The average molecular weight is 267 g/mol. The first-order valence-corrected chi connectivity index (χ1v) is 7.31. The number of aromatic nitrogens is 2. The third kappa shape index (κ3) is 3.80. The van der Waals surface area contributed by atoms with E-state index in [1.54, 1.807) is 7.11 Å². The van der Waals surface area contributed by atoms with Crippen molar-refractivity contribution in [3.05, 3.63) is 17.5 Å². The van der Waals surface area contributed by atoms with Crippen molar-refractivity contribution in [2.24, 2.45) is 7.05 Å². The largest absolute Gasteiger partial charge is 0.377 e. The van der Waals surface area contributed by atoms with E-state index in [9.17, 15) is 0 Å². The molecule has 19 heavy (non-hydrogen) atoms. The van der Waals surface area contributed by atoms with Gasteiger partial charge in [0.15, 0.2) is 0 Å². The molecule has 0 aromatic carbocycles. The summed E-state index contributed by atoms with van der Waals surface area (Å²) in [4.78, 5) is 0. The molecule has 0 aliphatic carbocycles. The lowest BCUT2D eigenvalue weighted by Gasteiger charge is -2.36. The van der Waals surface area contributed by atoms with Gasteiger partial charge in [0.25, 0.3) is 0 Å². The minimum atomic E-state index is -0.146. The topological polar surface area (TPSA) is 39.1 Å². The minimum Gasteiger partial charge on any atom is -0.377 e. The Morgan fingerprint density at radius 2 is 2.11 bits per heavy atom. The second kappa shape index (κ2) is 7.06. The minimum absolute atomic E-state index is 0.146. The van der Waals surface area contributed by atoms with Crippen LogP contribution in [0.1, 0.15) is 45.5 Å². The quantitative estimate of drug-likeness (QED) is 0.785. The zero-order valence-electron chi connectivity index (χ0n) is 13.3. The van der Waals surface area contributed by atoms with Crippen LogP contribution < -0.4 is 5.32 Å². The summed E-state index contributed by atoms with van der Waals surface area (Å²) < 4.78 is 7.75. The van der Waals surface area contributed by atoms with E-state index in [4.69, 9.17) is 4.74 Å². The van der Waals surface area contributed by atoms with Crippen molar-refractivity contribution in [1.82, 2.24) is 15.1 Å². The van der Waals surface area contributed by atoms with Crippen molar-refractivity contribution in [2.45, 2.75) is 58.6 Å². The van der Waals surface area contributed by atoms with Crippen LogP contribution in [0.5, 0.6) is 0 Å². The van der Waals surface area contributed by atoms with Gasteiger partial charge in [0.2, 0.25) is 0 Å². The zero-order chi connectivity index (χ0) is 14.5. The molecule has 0 bridgehead atoms. The molecule has 4 nitrogen and oxygen atoms in total. The maximum atomic E-state index is 5.75. The highest BCUT2D eigenvalue weighted by atomic mass is 16.5. The van der Waals surface area contributed by atoms with Crippen molar-refractivity contribution < 1.29 is 4.74 Å². The molecule has 0 aliphatic heterocycles. The first-order valence-electron chi connectivity index (χ1n) is 7.31. The molecule has 1 heterocycles. The molecule has 0 amide bonds. The van der Waals surface area contributed by atoms with Crippen LogP contribution in [0.25, 0.3) is 0 Å². The van der Waals surface area contributed by atoms with Crippen LogP contribution in [0.2, 0.25) is 0 Å². The van der Waals surface area contributed by atoms with Gasteiger partial charge in [-0.2, -0.15) is 5.10 Å². The van der Waals surface area contributed by atoms with Gasteiger partial charge in [-0.1, -0.05) is 20.8 Å². The van der Waals surface area contributed by atoms with E-state index in [1.807, 2.05) is 11.7 Å². The van der Waals surface area contributed by atoms with Gasteiger partial charge in [-0.25, -0.2) is 0 Å². The fraction of sp³-hybridized carbons (Fsp3) is 0.800. The van der Waals surface area contributed by atoms with Crippen LogP contribution in [0.3, 0.4) is 0 Å². The zero-order valence-corrected chi connectivity index (χ0v) is 13.3. The molecule has 1 N–H and O–H groups in total. The number of ether oxygens (including phenoxy) is 1. The molecule has 2 unspecified atom stereocenters. The van der Waals surface area contributed by atoms with Crippen molar-refractivity contribution in [3.63, 3.8) is 0 Å². The molecule has 0 fully saturated rings. The van der Waals surface area contributed by atoms with Crippen LogP contribution >= 0.6 is 0 Å². The molecule has 1 aromatic rings. The molecule has 0 aliphatic rings. The maximum absolute atomic E-state index is 5.75. The smallest absolute Gasteiger partial charge is 0.0804 e. The standard InChI is InChI=1S/C15H29N3O/c1-7-12-10-13(18(5)17-12)11-14(16-9-3)15(4,8-2)19-6/h10,14,16H,7-9,11H2,1-6H3. The maximum Gasteiger partial charge on any atom is 0.0804 e. The molecule has 1 rings (SSSR count). The summed E-state index contributed by atoms with van der Waals surface area (Å²) in [5, 5.41) is 8.09. The summed E-state index contributed by atoms with van der Waals surface area (Å²) in [6.07, 6.45) is 2.91. The summed E-state index contributed by atoms with van der Waals surface area (Å²) in [6, 6.07) is 2.50. The lowest BCUT2D eigenvalue weighted by molar-refractivity contribution is -0.0287. The molecular weight excluding hydrogens is 238 g/mol. The van der Waals surface area contributed by atoms with Crippen LogP contribution in [0.15, 0.2) is 6.07 Å². The summed E-state index contributed by atoms with van der Waals surface area (Å²) in [7, 11) is 3.82. The number of methoxy groups -OCH3 is 1. The van der Waals surface area contributed by atoms with Crippen LogP contribution in [-0.4, -0.2) is 35.1 Å². The average Bonchev–Trinajstić information content (AvgIpc) is 2.78. The van der Waals surface area contributed by atoms with Gasteiger partial charge in [0, 0.05) is 32.3 Å². The number of hydrogen-bond acceptors (Lipinski definition) is 3. The van der Waals surface area contributed by atoms with Gasteiger partial charge in [-0.3, -0.25) is 4.68 Å². The Balaban J connectivity index is 2.91. The summed E-state index contributed by atoms with van der Waals surface area (Å²) in [5.74, 6) is 0. The molecule has 1 aromatic heterocycles. The summed E-state index contributed by atoms with van der Waals surface area (Å²) >= 11 is 0. The predicted octanol–water partition coefficient (Wildman–Crippen LogP) is 2.32. The van der Waals surface area contributed by atoms with E-state index < -0.39 is 0 Å². The first-order chi connectivity index (χ1) is 9.00. The Labute approximate surface area is 117 Å². The summed E-state index contributed by atoms with van der Waals surface area (Å²) in [6.45, 7) is 9.58. The number of nitrogens with zero attached hydrogens (tertiary/aromatic N) is 2. The summed E-state index contributed by atoms with van der Waals surface area (Å²) in [5.41, 5.74) is 2.27. The van der Waals surface area contributed by atoms with Gasteiger partial charge < -0.3 is 10.1 Å². The molecule has 2 atom stereocenters. The first kappa shape index (κ1) is 16.2. The van der Waals surface area contributed by atoms with Crippen molar-refractivity contribution in [3.8, 4) is 0 Å². The third-order valence-corrected chi connectivity index (χ3v) is 4.16. The Morgan fingerprint density at radius 3 is 2.53 bits per heavy atom. The van der Waals surface area contributed by atoms with Crippen molar-refractivity contribution in [1.29, 1.82) is 0 Å². The fourth-order valence-corrected chi connectivity index (χ4v) is 2.43. The van der Waals surface area contributed by atoms with E-state index in [0.717, 1.165) is 31.5 Å². The van der Waals surface area contributed by atoms with Gasteiger partial charge in [0.1, 0.15) is 0 Å². The van der Waals surface area contributed by atoms with Gasteiger partial charge >= 0.3 is 0 Å². The monoisotopic (exact) mass is 267 g/mol. The highest BCUT2D eigenvalue weighted by Gasteiger charge is 2.32. The SMILES string of the molecule is CCNC(Cc1cc(CC)nn1C)C(C)(CC)OC. The molecule has 0 saturated heterocycles. The Bertz CT molecular complexity index is 383. The molecule has 4 heteroatoms. The number of nitrogens with one attached hydrogen (secondary N) is 1.